The minimum Gasteiger partial charge on any atom is -0.465 e. The van der Waals surface area contributed by atoms with E-state index in [0.717, 1.165) is 6.07 Å². The summed E-state index contributed by atoms with van der Waals surface area (Å²) in [4.78, 5) is 34.9. The molecule has 2 aromatic rings. The number of hydrogen-bond donors (Lipinski definition) is 1. The molecular weight excluding hydrogens is 397 g/mol. The van der Waals surface area contributed by atoms with Crippen LogP contribution in [0.15, 0.2) is 46.9 Å². The van der Waals surface area contributed by atoms with E-state index in [-0.39, 0.29) is 5.56 Å². The normalized spacial score (nSPS) is 10.0. The summed E-state index contributed by atoms with van der Waals surface area (Å²) in [5.41, 5.74) is 0.472. The number of ether oxygens (including phenoxy) is 2. The molecule has 2 rings (SSSR count). The van der Waals surface area contributed by atoms with E-state index in [1.165, 1.54) is 43.5 Å². The van der Waals surface area contributed by atoms with Crippen LogP contribution < -0.4 is 5.32 Å². The van der Waals surface area contributed by atoms with Gasteiger partial charge in [-0.25, -0.2) is 14.0 Å². The Balaban J connectivity index is 1.90. The van der Waals surface area contributed by atoms with Crippen molar-refractivity contribution in [1.29, 1.82) is 0 Å². The molecule has 1 amide bonds. The minimum absolute atomic E-state index is 0.265. The maximum absolute atomic E-state index is 13.6. The summed E-state index contributed by atoms with van der Waals surface area (Å²) in [6.45, 7) is -0.576. The SMILES string of the molecule is COC(=O)c1ccc(NC(=O)COC(=O)c2ccc(Br)cc2F)cc1. The molecule has 0 bridgehead atoms. The summed E-state index contributed by atoms with van der Waals surface area (Å²) in [6, 6.07) is 9.82. The molecule has 2 aromatic carbocycles. The van der Waals surface area contributed by atoms with Gasteiger partial charge in [0.2, 0.25) is 0 Å². The van der Waals surface area contributed by atoms with Crippen molar-refractivity contribution in [3.8, 4) is 0 Å². The van der Waals surface area contributed by atoms with E-state index in [0.29, 0.717) is 15.7 Å². The number of amides is 1. The number of esters is 2. The fourth-order valence-corrected chi connectivity index (χ4v) is 2.20. The monoisotopic (exact) mass is 409 g/mol. The lowest BCUT2D eigenvalue weighted by atomic mass is 10.2. The second kappa shape index (κ2) is 8.39. The molecule has 0 unspecified atom stereocenters. The van der Waals surface area contributed by atoms with E-state index in [1.807, 2.05) is 0 Å². The number of benzene rings is 2. The second-order valence-corrected chi connectivity index (χ2v) is 5.73. The third kappa shape index (κ3) is 5.12. The molecule has 0 saturated carbocycles. The number of carbonyl (C=O) groups excluding carboxylic acids is 3. The van der Waals surface area contributed by atoms with Gasteiger partial charge in [-0.3, -0.25) is 4.79 Å². The van der Waals surface area contributed by atoms with Gasteiger partial charge >= 0.3 is 11.9 Å². The van der Waals surface area contributed by atoms with Crippen molar-refractivity contribution in [2.75, 3.05) is 19.0 Å². The van der Waals surface area contributed by atoms with E-state index < -0.39 is 30.3 Å². The topological polar surface area (TPSA) is 81.7 Å². The summed E-state index contributed by atoms with van der Waals surface area (Å²) in [7, 11) is 1.26. The molecule has 1 N–H and O–H groups in total. The molecule has 8 heteroatoms. The van der Waals surface area contributed by atoms with Crippen LogP contribution in [0.1, 0.15) is 20.7 Å². The van der Waals surface area contributed by atoms with E-state index in [4.69, 9.17) is 4.74 Å². The number of methoxy groups -OCH3 is 1. The van der Waals surface area contributed by atoms with Gasteiger partial charge in [0, 0.05) is 10.2 Å². The molecule has 0 aliphatic heterocycles. The largest absolute Gasteiger partial charge is 0.465 e. The standard InChI is InChI=1S/C17H13BrFNO5/c1-24-16(22)10-2-5-12(6-3-10)20-15(21)9-25-17(23)13-7-4-11(18)8-14(13)19/h2-8H,9H2,1H3,(H,20,21). The molecule has 0 aromatic heterocycles. The number of nitrogens with one attached hydrogen (secondary N) is 1. The molecule has 0 atom stereocenters. The van der Waals surface area contributed by atoms with Gasteiger partial charge in [-0.1, -0.05) is 15.9 Å². The minimum atomic E-state index is -0.943. The van der Waals surface area contributed by atoms with Crippen molar-refractivity contribution in [3.63, 3.8) is 0 Å². The highest BCUT2D eigenvalue weighted by molar-refractivity contribution is 9.10. The lowest BCUT2D eigenvalue weighted by molar-refractivity contribution is -0.119. The number of rotatable bonds is 5. The third-order valence-electron chi connectivity index (χ3n) is 3.08. The summed E-state index contributed by atoms with van der Waals surface area (Å²) in [5, 5.41) is 2.49. The van der Waals surface area contributed by atoms with Gasteiger partial charge in [-0.2, -0.15) is 0 Å². The predicted molar refractivity (Wildman–Crippen MR) is 90.8 cm³/mol. The third-order valence-corrected chi connectivity index (χ3v) is 3.57. The highest BCUT2D eigenvalue weighted by Crippen LogP contribution is 2.16. The van der Waals surface area contributed by atoms with E-state index in [2.05, 4.69) is 26.0 Å². The van der Waals surface area contributed by atoms with Gasteiger partial charge in [0.1, 0.15) is 5.82 Å². The van der Waals surface area contributed by atoms with Crippen molar-refractivity contribution in [1.82, 2.24) is 0 Å². The average Bonchev–Trinajstić information content (AvgIpc) is 2.59. The first-order valence-corrected chi connectivity index (χ1v) is 7.80. The van der Waals surface area contributed by atoms with Crippen LogP contribution in [0.3, 0.4) is 0 Å². The zero-order valence-electron chi connectivity index (χ0n) is 13.0. The number of anilines is 1. The zero-order chi connectivity index (χ0) is 18.4. The molecular formula is C17H13BrFNO5. The van der Waals surface area contributed by atoms with Crippen LogP contribution >= 0.6 is 15.9 Å². The first-order valence-electron chi connectivity index (χ1n) is 7.01. The molecule has 0 radical (unpaired) electrons. The first kappa shape index (κ1) is 18.6. The van der Waals surface area contributed by atoms with Gasteiger partial charge in [-0.15, -0.1) is 0 Å². The molecule has 0 aliphatic rings. The fraction of sp³-hybridized carbons (Fsp3) is 0.118. The first-order chi connectivity index (χ1) is 11.9. The van der Waals surface area contributed by atoms with E-state index in [1.54, 1.807) is 0 Å². The van der Waals surface area contributed by atoms with Crippen molar-refractivity contribution < 1.29 is 28.2 Å². The number of carbonyl (C=O) groups is 3. The second-order valence-electron chi connectivity index (χ2n) is 4.82. The van der Waals surface area contributed by atoms with E-state index in [9.17, 15) is 18.8 Å². The fourth-order valence-electron chi connectivity index (χ4n) is 1.87. The highest BCUT2D eigenvalue weighted by Gasteiger charge is 2.15. The van der Waals surface area contributed by atoms with Crippen LogP contribution in [0.25, 0.3) is 0 Å². The Hall–Kier alpha value is -2.74. The summed E-state index contributed by atoms with van der Waals surface area (Å²) >= 11 is 3.08. The molecule has 0 spiro atoms. The van der Waals surface area contributed by atoms with Crippen LogP contribution in [0, 0.1) is 5.82 Å². The smallest absolute Gasteiger partial charge is 0.341 e. The zero-order valence-corrected chi connectivity index (χ0v) is 14.6. The Morgan fingerprint density at radius 3 is 2.36 bits per heavy atom. The Bertz CT molecular complexity index is 807. The van der Waals surface area contributed by atoms with Crippen molar-refractivity contribution in [2.45, 2.75) is 0 Å². The van der Waals surface area contributed by atoms with Crippen molar-refractivity contribution in [2.24, 2.45) is 0 Å². The number of hydrogen-bond acceptors (Lipinski definition) is 5. The van der Waals surface area contributed by atoms with Crippen LogP contribution in [-0.2, 0) is 14.3 Å². The summed E-state index contributed by atoms with van der Waals surface area (Å²) in [5.74, 6) is -2.79. The maximum atomic E-state index is 13.6. The quantitative estimate of drug-likeness (QED) is 0.766. The Labute approximate surface area is 151 Å². The average molecular weight is 410 g/mol. The maximum Gasteiger partial charge on any atom is 0.341 e. The number of halogens is 2. The Morgan fingerprint density at radius 1 is 1.08 bits per heavy atom. The Morgan fingerprint density at radius 2 is 1.76 bits per heavy atom. The van der Waals surface area contributed by atoms with Gasteiger partial charge in [0.25, 0.3) is 5.91 Å². The van der Waals surface area contributed by atoms with Gasteiger partial charge < -0.3 is 14.8 Å². The van der Waals surface area contributed by atoms with Crippen LogP contribution in [0.5, 0.6) is 0 Å². The lowest BCUT2D eigenvalue weighted by Crippen LogP contribution is -2.21. The molecule has 130 valence electrons. The Kier molecular flexibility index (Phi) is 6.24. The molecule has 6 nitrogen and oxygen atoms in total. The lowest BCUT2D eigenvalue weighted by Gasteiger charge is -2.08. The van der Waals surface area contributed by atoms with Crippen LogP contribution in [0.2, 0.25) is 0 Å². The van der Waals surface area contributed by atoms with Crippen molar-refractivity contribution >= 4 is 39.5 Å². The van der Waals surface area contributed by atoms with E-state index >= 15 is 0 Å². The highest BCUT2D eigenvalue weighted by atomic mass is 79.9. The van der Waals surface area contributed by atoms with Crippen molar-refractivity contribution in [3.05, 3.63) is 63.9 Å². The molecule has 0 aliphatic carbocycles. The predicted octanol–water partition coefficient (Wildman–Crippen LogP) is 3.17. The van der Waals surface area contributed by atoms with Crippen LogP contribution in [0.4, 0.5) is 10.1 Å². The van der Waals surface area contributed by atoms with Gasteiger partial charge in [0.05, 0.1) is 18.2 Å². The molecule has 0 heterocycles. The van der Waals surface area contributed by atoms with Gasteiger partial charge in [0.15, 0.2) is 6.61 Å². The summed E-state index contributed by atoms with van der Waals surface area (Å²) in [6.07, 6.45) is 0. The van der Waals surface area contributed by atoms with Crippen LogP contribution in [-0.4, -0.2) is 31.6 Å². The molecule has 25 heavy (non-hydrogen) atoms. The molecule has 0 fully saturated rings. The molecule has 0 saturated heterocycles. The van der Waals surface area contributed by atoms with Gasteiger partial charge in [-0.05, 0) is 42.5 Å². The summed E-state index contributed by atoms with van der Waals surface area (Å²) < 4.78 is 23.5.